The first-order valence-electron chi connectivity index (χ1n) is 12.2. The summed E-state index contributed by atoms with van der Waals surface area (Å²) in [4.78, 5) is 0. The lowest BCUT2D eigenvalue weighted by atomic mass is 9.64. The van der Waals surface area contributed by atoms with Crippen LogP contribution in [0.15, 0.2) is 36.4 Å². The molecule has 0 bridgehead atoms. The molecule has 2 aromatic rings. The van der Waals surface area contributed by atoms with Gasteiger partial charge < -0.3 is 0 Å². The molecule has 0 heterocycles. The first-order valence-corrected chi connectivity index (χ1v) is 12.2. The van der Waals surface area contributed by atoms with Gasteiger partial charge in [-0.25, -0.2) is 8.78 Å². The summed E-state index contributed by atoms with van der Waals surface area (Å²) >= 11 is 0. The van der Waals surface area contributed by atoms with Crippen LogP contribution in [0.3, 0.4) is 0 Å². The van der Waals surface area contributed by atoms with Gasteiger partial charge in [0.2, 0.25) is 0 Å². The number of aryl methyl sites for hydroxylation is 1. The van der Waals surface area contributed by atoms with Crippen LogP contribution >= 0.6 is 0 Å². The van der Waals surface area contributed by atoms with Crippen LogP contribution in [-0.4, -0.2) is 0 Å². The first-order chi connectivity index (χ1) is 15.1. The predicted octanol–water partition coefficient (Wildman–Crippen LogP) is 8.17. The average molecular weight is 421 g/mol. The Morgan fingerprint density at radius 1 is 0.839 bits per heavy atom. The third kappa shape index (κ3) is 5.76. The molecule has 4 rings (SSSR count). The molecule has 2 aliphatic rings. The molecule has 0 amide bonds. The van der Waals surface area contributed by atoms with Gasteiger partial charge in [-0.2, -0.15) is 0 Å². The third-order valence-corrected chi connectivity index (χ3v) is 7.35. The van der Waals surface area contributed by atoms with Crippen molar-refractivity contribution in [3.63, 3.8) is 0 Å². The lowest BCUT2D eigenvalue weighted by molar-refractivity contribution is 0.199. The highest BCUT2D eigenvalue weighted by Gasteiger charge is 2.34. The molecule has 1 fully saturated rings. The monoisotopic (exact) mass is 420 g/mol. The molecule has 2 aliphatic carbocycles. The maximum atomic E-state index is 13.4. The number of rotatable bonds is 6. The van der Waals surface area contributed by atoms with Crippen LogP contribution in [-0.2, 0) is 6.42 Å². The standard InChI is InChI=1S/C29H34F2/c1-2-3-4-5-6-7-21-10-14-28-24(16-21)12-13-25-17-22(11-15-29(25)28)8-9-23-18-26(30)20-27(31)19-23/h11,15,17-21,24,28H,2-7,10,12-14,16H2,1H3. The van der Waals surface area contributed by atoms with E-state index < -0.39 is 11.6 Å². The fourth-order valence-electron chi connectivity index (χ4n) is 5.76. The van der Waals surface area contributed by atoms with Gasteiger partial charge >= 0.3 is 0 Å². The largest absolute Gasteiger partial charge is 0.207 e. The van der Waals surface area contributed by atoms with Gasteiger partial charge in [-0.3, -0.25) is 0 Å². The van der Waals surface area contributed by atoms with Gasteiger partial charge in [-0.05, 0) is 85.3 Å². The number of hydrogen-bond donors (Lipinski definition) is 0. The van der Waals surface area contributed by atoms with Crippen molar-refractivity contribution >= 4 is 0 Å². The molecule has 2 heteroatoms. The van der Waals surface area contributed by atoms with Crippen molar-refractivity contribution in [3.8, 4) is 11.8 Å². The molecule has 1 saturated carbocycles. The van der Waals surface area contributed by atoms with E-state index >= 15 is 0 Å². The predicted molar refractivity (Wildman–Crippen MR) is 124 cm³/mol. The Kier molecular flexibility index (Phi) is 7.44. The molecule has 0 aromatic heterocycles. The van der Waals surface area contributed by atoms with E-state index in [0.717, 1.165) is 29.9 Å². The first kappa shape index (κ1) is 22.1. The molecule has 0 nitrogen and oxygen atoms in total. The second-order valence-electron chi connectivity index (χ2n) is 9.61. The number of hydrogen-bond acceptors (Lipinski definition) is 0. The second kappa shape index (κ2) is 10.4. The summed E-state index contributed by atoms with van der Waals surface area (Å²) in [6, 6.07) is 10.00. The van der Waals surface area contributed by atoms with E-state index in [0.29, 0.717) is 11.5 Å². The lowest BCUT2D eigenvalue weighted by Gasteiger charge is -2.40. The maximum absolute atomic E-state index is 13.4. The van der Waals surface area contributed by atoms with E-state index in [4.69, 9.17) is 0 Å². The number of benzene rings is 2. The SMILES string of the molecule is CCCCCCCC1CCC2c3ccc(C#Cc4cc(F)cc(F)c4)cc3CCC2C1. The lowest BCUT2D eigenvalue weighted by Crippen LogP contribution is -2.28. The molecule has 0 aliphatic heterocycles. The molecule has 0 spiro atoms. The van der Waals surface area contributed by atoms with Crippen LogP contribution in [0.4, 0.5) is 8.78 Å². The Hall–Kier alpha value is -2.14. The van der Waals surface area contributed by atoms with Crippen molar-refractivity contribution in [2.75, 3.05) is 0 Å². The van der Waals surface area contributed by atoms with Crippen molar-refractivity contribution in [1.29, 1.82) is 0 Å². The highest BCUT2D eigenvalue weighted by Crippen LogP contribution is 2.48. The Bertz CT molecular complexity index is 929. The number of halogens is 2. The van der Waals surface area contributed by atoms with E-state index in [-0.39, 0.29) is 0 Å². The van der Waals surface area contributed by atoms with Gasteiger partial charge in [0.05, 0.1) is 0 Å². The molecule has 2 aromatic carbocycles. The zero-order valence-corrected chi connectivity index (χ0v) is 18.7. The molecule has 164 valence electrons. The summed E-state index contributed by atoms with van der Waals surface area (Å²) in [5, 5.41) is 0. The zero-order valence-electron chi connectivity index (χ0n) is 18.7. The van der Waals surface area contributed by atoms with Gasteiger partial charge in [-0.1, -0.05) is 63.4 Å². The maximum Gasteiger partial charge on any atom is 0.127 e. The molecular weight excluding hydrogens is 386 g/mol. The van der Waals surface area contributed by atoms with Gasteiger partial charge in [0.15, 0.2) is 0 Å². The minimum Gasteiger partial charge on any atom is -0.207 e. The average Bonchev–Trinajstić information content (AvgIpc) is 2.76. The summed E-state index contributed by atoms with van der Waals surface area (Å²) in [6.07, 6.45) is 14.9. The van der Waals surface area contributed by atoms with Crippen molar-refractivity contribution < 1.29 is 8.78 Å². The zero-order chi connectivity index (χ0) is 21.6. The Labute approximate surface area is 186 Å². The minimum atomic E-state index is -0.586. The summed E-state index contributed by atoms with van der Waals surface area (Å²) in [5.74, 6) is 7.32. The normalized spacial score (nSPS) is 22.2. The van der Waals surface area contributed by atoms with Gasteiger partial charge in [0, 0.05) is 17.2 Å². The highest BCUT2D eigenvalue weighted by atomic mass is 19.1. The van der Waals surface area contributed by atoms with Crippen LogP contribution in [0, 0.1) is 35.3 Å². The molecule has 0 radical (unpaired) electrons. The Morgan fingerprint density at radius 3 is 2.42 bits per heavy atom. The summed E-state index contributed by atoms with van der Waals surface area (Å²) in [5.41, 5.74) is 4.27. The van der Waals surface area contributed by atoms with E-state index in [1.165, 1.54) is 87.5 Å². The van der Waals surface area contributed by atoms with E-state index in [9.17, 15) is 8.78 Å². The fraction of sp³-hybridized carbons (Fsp3) is 0.517. The summed E-state index contributed by atoms with van der Waals surface area (Å²) in [6.45, 7) is 2.28. The van der Waals surface area contributed by atoms with E-state index in [1.807, 2.05) is 0 Å². The topological polar surface area (TPSA) is 0 Å². The van der Waals surface area contributed by atoms with Crippen LogP contribution in [0.1, 0.15) is 99.3 Å². The van der Waals surface area contributed by atoms with Gasteiger partial charge in [0.1, 0.15) is 11.6 Å². The van der Waals surface area contributed by atoms with Crippen molar-refractivity contribution in [1.82, 2.24) is 0 Å². The molecule has 31 heavy (non-hydrogen) atoms. The van der Waals surface area contributed by atoms with Crippen LogP contribution < -0.4 is 0 Å². The van der Waals surface area contributed by atoms with E-state index in [1.54, 1.807) is 0 Å². The molecule has 0 saturated heterocycles. The van der Waals surface area contributed by atoms with Crippen LogP contribution in [0.5, 0.6) is 0 Å². The Balaban J connectivity index is 1.38. The third-order valence-electron chi connectivity index (χ3n) is 7.35. The van der Waals surface area contributed by atoms with Crippen LogP contribution in [0.25, 0.3) is 0 Å². The van der Waals surface area contributed by atoms with E-state index in [2.05, 4.69) is 37.0 Å². The van der Waals surface area contributed by atoms with Crippen molar-refractivity contribution in [2.24, 2.45) is 11.8 Å². The molecular formula is C29H34F2. The van der Waals surface area contributed by atoms with Crippen molar-refractivity contribution in [2.45, 2.75) is 83.5 Å². The van der Waals surface area contributed by atoms with Gasteiger partial charge in [-0.15, -0.1) is 0 Å². The number of fused-ring (bicyclic) bond motifs is 3. The molecule has 3 atom stereocenters. The van der Waals surface area contributed by atoms with Gasteiger partial charge in [0.25, 0.3) is 0 Å². The van der Waals surface area contributed by atoms with Crippen LogP contribution in [0.2, 0.25) is 0 Å². The summed E-state index contributed by atoms with van der Waals surface area (Å²) < 4.78 is 26.7. The molecule has 3 unspecified atom stereocenters. The summed E-state index contributed by atoms with van der Waals surface area (Å²) in [7, 11) is 0. The highest BCUT2D eigenvalue weighted by molar-refractivity contribution is 5.47. The minimum absolute atomic E-state index is 0.378. The number of unbranched alkanes of at least 4 members (excludes halogenated alkanes) is 4. The quantitative estimate of drug-likeness (QED) is 0.326. The fourth-order valence-corrected chi connectivity index (χ4v) is 5.76. The van der Waals surface area contributed by atoms with Crippen molar-refractivity contribution in [3.05, 3.63) is 70.3 Å². The smallest absolute Gasteiger partial charge is 0.127 e. The molecule has 0 N–H and O–H groups in total. The second-order valence-corrected chi connectivity index (χ2v) is 9.61. The Morgan fingerprint density at radius 2 is 1.61 bits per heavy atom.